The quantitative estimate of drug-likeness (QED) is 0.654. The summed E-state index contributed by atoms with van der Waals surface area (Å²) in [6.07, 6.45) is 14.4. The molecule has 0 spiro atoms. The monoisotopic (exact) mass is 293 g/mol. The van der Waals surface area contributed by atoms with Gasteiger partial charge in [-0.05, 0) is 61.8 Å². The Balaban J connectivity index is 2.09. The van der Waals surface area contributed by atoms with Crippen LogP contribution in [0.2, 0.25) is 0 Å². The van der Waals surface area contributed by atoms with Gasteiger partial charge in [0.2, 0.25) is 0 Å². The second kappa shape index (κ2) is 7.99. The Morgan fingerprint density at radius 1 is 1.05 bits per heavy atom. The first-order valence-electron chi connectivity index (χ1n) is 9.81. The summed E-state index contributed by atoms with van der Waals surface area (Å²) >= 11 is 0. The molecule has 2 rings (SSSR count). The van der Waals surface area contributed by atoms with E-state index in [9.17, 15) is 0 Å². The molecule has 0 radical (unpaired) electrons. The van der Waals surface area contributed by atoms with Gasteiger partial charge in [0.05, 0.1) is 0 Å². The summed E-state index contributed by atoms with van der Waals surface area (Å²) < 4.78 is 0. The molecule has 0 saturated heterocycles. The van der Waals surface area contributed by atoms with Crippen LogP contribution in [0.4, 0.5) is 0 Å². The second-order valence-corrected chi connectivity index (χ2v) is 8.52. The van der Waals surface area contributed by atoms with Crippen LogP contribution in [-0.4, -0.2) is 12.6 Å². The van der Waals surface area contributed by atoms with Gasteiger partial charge in [0.25, 0.3) is 0 Å². The van der Waals surface area contributed by atoms with Crippen LogP contribution in [0.3, 0.4) is 0 Å². The maximum atomic E-state index is 4.01. The summed E-state index contributed by atoms with van der Waals surface area (Å²) in [7, 11) is 0. The summed E-state index contributed by atoms with van der Waals surface area (Å²) in [6, 6.07) is 0.787. The van der Waals surface area contributed by atoms with E-state index < -0.39 is 0 Å². The Morgan fingerprint density at radius 2 is 1.86 bits per heavy atom. The summed E-state index contributed by atoms with van der Waals surface area (Å²) in [6.45, 7) is 11.0. The molecule has 0 aromatic rings. The molecule has 0 amide bonds. The molecule has 0 heterocycles. The van der Waals surface area contributed by atoms with Crippen LogP contribution in [0.25, 0.3) is 0 Å². The van der Waals surface area contributed by atoms with Gasteiger partial charge in [-0.25, -0.2) is 0 Å². The van der Waals surface area contributed by atoms with Crippen LogP contribution >= 0.6 is 0 Å². The Morgan fingerprint density at radius 3 is 2.52 bits per heavy atom. The zero-order valence-electron chi connectivity index (χ0n) is 15.1. The summed E-state index contributed by atoms with van der Waals surface area (Å²) in [4.78, 5) is 0. The summed E-state index contributed by atoms with van der Waals surface area (Å²) in [5.74, 6) is 2.84. The highest BCUT2D eigenvalue weighted by molar-refractivity contribution is 4.95. The van der Waals surface area contributed by atoms with Gasteiger partial charge in [-0.3, -0.25) is 0 Å². The predicted molar refractivity (Wildman–Crippen MR) is 93.6 cm³/mol. The molecule has 4 atom stereocenters. The lowest BCUT2D eigenvalue weighted by Crippen LogP contribution is -2.50. The van der Waals surface area contributed by atoms with Crippen molar-refractivity contribution in [2.75, 3.05) is 6.54 Å². The first-order valence-corrected chi connectivity index (χ1v) is 9.81. The van der Waals surface area contributed by atoms with Gasteiger partial charge >= 0.3 is 0 Å². The first kappa shape index (κ1) is 17.3. The normalized spacial score (nSPS) is 34.6. The van der Waals surface area contributed by atoms with Crippen molar-refractivity contribution >= 4 is 0 Å². The smallest absolute Gasteiger partial charge is 0.0129 e. The van der Waals surface area contributed by atoms with E-state index in [1.807, 2.05) is 0 Å². The highest BCUT2D eigenvalue weighted by Gasteiger charge is 2.41. The van der Waals surface area contributed by atoms with Crippen LogP contribution < -0.4 is 5.32 Å². The van der Waals surface area contributed by atoms with Crippen LogP contribution in [0.5, 0.6) is 0 Å². The highest BCUT2D eigenvalue weighted by atomic mass is 14.9. The fraction of sp³-hybridized carbons (Fsp3) is 1.00. The molecule has 0 aromatic heterocycles. The van der Waals surface area contributed by atoms with Gasteiger partial charge in [-0.1, -0.05) is 59.8 Å². The molecule has 4 unspecified atom stereocenters. The fourth-order valence-electron chi connectivity index (χ4n) is 5.16. The lowest BCUT2D eigenvalue weighted by molar-refractivity contribution is 0.0548. The Kier molecular flexibility index (Phi) is 6.59. The van der Waals surface area contributed by atoms with E-state index in [0.29, 0.717) is 5.41 Å². The van der Waals surface area contributed by atoms with E-state index in [1.54, 1.807) is 0 Å². The SMILES string of the molecule is CCCNC(C1CCCC(CC)C1)C1CCCCC1(C)C. The van der Waals surface area contributed by atoms with Crippen LogP contribution in [0.15, 0.2) is 0 Å². The van der Waals surface area contributed by atoms with E-state index in [-0.39, 0.29) is 0 Å². The Hall–Kier alpha value is -0.0400. The minimum atomic E-state index is 0.544. The number of rotatable bonds is 6. The third kappa shape index (κ3) is 4.47. The molecule has 1 nitrogen and oxygen atoms in total. The van der Waals surface area contributed by atoms with Gasteiger partial charge < -0.3 is 5.32 Å². The zero-order valence-corrected chi connectivity index (χ0v) is 15.1. The average molecular weight is 294 g/mol. The zero-order chi connectivity index (χ0) is 15.3. The minimum Gasteiger partial charge on any atom is -0.313 e. The molecule has 2 saturated carbocycles. The van der Waals surface area contributed by atoms with Crippen LogP contribution in [0.1, 0.15) is 91.9 Å². The van der Waals surface area contributed by atoms with E-state index in [4.69, 9.17) is 0 Å². The van der Waals surface area contributed by atoms with Gasteiger partial charge in [0.1, 0.15) is 0 Å². The first-order chi connectivity index (χ1) is 10.1. The molecule has 2 fully saturated rings. The van der Waals surface area contributed by atoms with Crippen LogP contribution in [-0.2, 0) is 0 Å². The molecule has 2 aliphatic carbocycles. The van der Waals surface area contributed by atoms with Crippen molar-refractivity contribution in [3.05, 3.63) is 0 Å². The molecule has 21 heavy (non-hydrogen) atoms. The molecule has 1 N–H and O–H groups in total. The van der Waals surface area contributed by atoms with E-state index >= 15 is 0 Å². The molecule has 0 bridgehead atoms. The third-order valence-electron chi connectivity index (χ3n) is 6.56. The van der Waals surface area contributed by atoms with E-state index in [1.165, 1.54) is 70.8 Å². The van der Waals surface area contributed by atoms with Gasteiger partial charge in [0, 0.05) is 6.04 Å². The van der Waals surface area contributed by atoms with E-state index in [0.717, 1.165) is 23.8 Å². The number of hydrogen-bond donors (Lipinski definition) is 1. The van der Waals surface area contributed by atoms with Crippen molar-refractivity contribution in [3.8, 4) is 0 Å². The molecular formula is C20H39N. The largest absolute Gasteiger partial charge is 0.313 e. The molecule has 1 heteroatoms. The lowest BCUT2D eigenvalue weighted by atomic mass is 9.61. The predicted octanol–water partition coefficient (Wildman–Crippen LogP) is 5.79. The van der Waals surface area contributed by atoms with Crippen molar-refractivity contribution in [2.24, 2.45) is 23.2 Å². The Labute approximate surface area is 133 Å². The van der Waals surface area contributed by atoms with Crippen molar-refractivity contribution < 1.29 is 0 Å². The lowest BCUT2D eigenvalue weighted by Gasteiger charge is -2.48. The van der Waals surface area contributed by atoms with Crippen molar-refractivity contribution in [1.82, 2.24) is 5.32 Å². The topological polar surface area (TPSA) is 12.0 Å². The molecule has 0 aliphatic heterocycles. The maximum Gasteiger partial charge on any atom is 0.0129 e. The Bertz CT molecular complexity index is 296. The fourth-order valence-corrected chi connectivity index (χ4v) is 5.16. The number of nitrogens with one attached hydrogen (secondary N) is 1. The molecule has 2 aliphatic rings. The maximum absolute atomic E-state index is 4.01. The summed E-state index contributed by atoms with van der Waals surface area (Å²) in [5.41, 5.74) is 0.544. The molecule has 0 aromatic carbocycles. The van der Waals surface area contributed by atoms with Gasteiger partial charge in [-0.15, -0.1) is 0 Å². The molecule has 124 valence electrons. The van der Waals surface area contributed by atoms with Gasteiger partial charge in [0.15, 0.2) is 0 Å². The van der Waals surface area contributed by atoms with Crippen LogP contribution in [0, 0.1) is 23.2 Å². The second-order valence-electron chi connectivity index (χ2n) is 8.52. The number of hydrogen-bond acceptors (Lipinski definition) is 1. The molecular weight excluding hydrogens is 254 g/mol. The van der Waals surface area contributed by atoms with E-state index in [2.05, 4.69) is 33.0 Å². The van der Waals surface area contributed by atoms with Crippen molar-refractivity contribution in [1.29, 1.82) is 0 Å². The summed E-state index contributed by atoms with van der Waals surface area (Å²) in [5, 5.41) is 4.01. The average Bonchev–Trinajstić information content (AvgIpc) is 2.49. The van der Waals surface area contributed by atoms with Crippen molar-refractivity contribution in [3.63, 3.8) is 0 Å². The van der Waals surface area contributed by atoms with Crippen molar-refractivity contribution in [2.45, 2.75) is 97.9 Å². The minimum absolute atomic E-state index is 0.544. The van der Waals surface area contributed by atoms with Gasteiger partial charge in [-0.2, -0.15) is 0 Å². The standard InChI is InChI=1S/C20H39N/c1-5-14-21-19(17-11-9-10-16(6-2)15-17)18-12-7-8-13-20(18,3)4/h16-19,21H,5-15H2,1-4H3. The highest BCUT2D eigenvalue weighted by Crippen LogP contribution is 2.46. The third-order valence-corrected chi connectivity index (χ3v) is 6.56.